The molecule has 0 unspecified atom stereocenters. The third kappa shape index (κ3) is 5.22. The predicted molar refractivity (Wildman–Crippen MR) is 87.5 cm³/mol. The molecule has 1 aromatic rings. The molecule has 0 heterocycles. The Morgan fingerprint density at radius 1 is 1.30 bits per heavy atom. The molecule has 0 aliphatic rings. The summed E-state index contributed by atoms with van der Waals surface area (Å²) in [6.07, 6.45) is 0.455. The number of aryl methyl sites for hydroxylation is 1. The number of hydrogen-bond acceptors (Lipinski definition) is 4. The minimum absolute atomic E-state index is 0.0565. The van der Waals surface area contributed by atoms with Crippen molar-refractivity contribution in [3.63, 3.8) is 0 Å². The highest BCUT2D eigenvalue weighted by atomic mass is 32.2. The Labute approximate surface area is 135 Å². The van der Waals surface area contributed by atoms with Gasteiger partial charge in [-0.05, 0) is 31.9 Å². The Bertz CT molecular complexity index is 667. The first-order valence-corrected chi connectivity index (χ1v) is 8.43. The maximum atomic E-state index is 12.5. The lowest BCUT2D eigenvalue weighted by Gasteiger charge is -2.24. The zero-order valence-electron chi connectivity index (χ0n) is 13.1. The van der Waals surface area contributed by atoms with Gasteiger partial charge in [-0.15, -0.1) is 0 Å². The van der Waals surface area contributed by atoms with Crippen LogP contribution in [0.1, 0.15) is 18.4 Å². The van der Waals surface area contributed by atoms with Crippen LogP contribution >= 0.6 is 0 Å². The van der Waals surface area contributed by atoms with Gasteiger partial charge in [0.15, 0.2) is 5.96 Å². The molecule has 1 aromatic carbocycles. The number of carboxylic acid groups (broad SMARTS) is 1. The summed E-state index contributed by atoms with van der Waals surface area (Å²) >= 11 is 0. The van der Waals surface area contributed by atoms with Crippen molar-refractivity contribution < 1.29 is 18.3 Å². The normalized spacial score (nSPS) is 12.8. The van der Waals surface area contributed by atoms with E-state index in [4.69, 9.17) is 11.5 Å². The minimum atomic E-state index is -3.89. The summed E-state index contributed by atoms with van der Waals surface area (Å²) in [4.78, 5) is 15.2. The first-order chi connectivity index (χ1) is 10.7. The van der Waals surface area contributed by atoms with Crippen LogP contribution in [-0.4, -0.2) is 49.4 Å². The summed E-state index contributed by atoms with van der Waals surface area (Å²) in [5.74, 6) is -1.30. The molecular weight excluding hydrogens is 320 g/mol. The van der Waals surface area contributed by atoms with E-state index in [1.807, 2.05) is 6.92 Å². The molecule has 0 aliphatic heterocycles. The van der Waals surface area contributed by atoms with Gasteiger partial charge >= 0.3 is 5.97 Å². The van der Waals surface area contributed by atoms with Crippen LogP contribution in [0.4, 0.5) is 0 Å². The van der Waals surface area contributed by atoms with Crippen molar-refractivity contribution in [2.24, 2.45) is 16.5 Å². The van der Waals surface area contributed by atoms with E-state index >= 15 is 0 Å². The second-order valence-corrected chi connectivity index (χ2v) is 7.13. The molecule has 0 saturated heterocycles. The van der Waals surface area contributed by atoms with Gasteiger partial charge in [0.05, 0.1) is 4.90 Å². The molecule has 8 nitrogen and oxygen atoms in total. The number of nitrogens with zero attached hydrogens (tertiary/aromatic N) is 2. The summed E-state index contributed by atoms with van der Waals surface area (Å²) < 4.78 is 25.9. The molecule has 0 saturated carbocycles. The van der Waals surface area contributed by atoms with Gasteiger partial charge in [-0.25, -0.2) is 8.42 Å². The molecular formula is C14H22N4O4S. The molecule has 5 N–H and O–H groups in total. The number of nitrogens with two attached hydrogens (primary N) is 2. The summed E-state index contributed by atoms with van der Waals surface area (Å²) in [6.45, 7) is 2.08. The van der Waals surface area contributed by atoms with Gasteiger partial charge in [-0.1, -0.05) is 17.7 Å². The lowest BCUT2D eigenvalue weighted by atomic mass is 10.1. The third-order valence-corrected chi connectivity index (χ3v) is 5.23. The molecule has 23 heavy (non-hydrogen) atoms. The van der Waals surface area contributed by atoms with Crippen molar-refractivity contribution in [1.29, 1.82) is 0 Å². The Morgan fingerprint density at radius 3 is 2.35 bits per heavy atom. The molecule has 9 heteroatoms. The molecule has 1 atom stereocenters. The zero-order chi connectivity index (χ0) is 17.6. The fraction of sp³-hybridized carbons (Fsp3) is 0.429. The number of sulfonamides is 1. The Hall–Kier alpha value is -2.13. The van der Waals surface area contributed by atoms with Gasteiger partial charge in [0.25, 0.3) is 0 Å². The van der Waals surface area contributed by atoms with Crippen LogP contribution in [0.15, 0.2) is 34.2 Å². The second kappa shape index (κ2) is 7.93. The molecule has 0 amide bonds. The van der Waals surface area contributed by atoms with Crippen molar-refractivity contribution in [3.8, 4) is 0 Å². The average Bonchev–Trinajstić information content (AvgIpc) is 2.46. The van der Waals surface area contributed by atoms with Crippen LogP contribution in [-0.2, 0) is 14.8 Å². The molecule has 0 fully saturated rings. The van der Waals surface area contributed by atoms with Crippen LogP contribution < -0.4 is 11.5 Å². The number of hydrogen-bond donors (Lipinski definition) is 3. The fourth-order valence-electron chi connectivity index (χ4n) is 2.00. The van der Waals surface area contributed by atoms with Crippen LogP contribution in [0.3, 0.4) is 0 Å². The van der Waals surface area contributed by atoms with E-state index in [0.717, 1.165) is 9.87 Å². The van der Waals surface area contributed by atoms with Crippen molar-refractivity contribution in [1.82, 2.24) is 4.31 Å². The van der Waals surface area contributed by atoms with Crippen molar-refractivity contribution in [2.45, 2.75) is 30.7 Å². The molecule has 0 bridgehead atoms. The number of guanidine groups is 1. The molecule has 0 aliphatic carbocycles. The second-order valence-electron chi connectivity index (χ2n) is 5.14. The smallest absolute Gasteiger partial charge is 0.322 e. The van der Waals surface area contributed by atoms with Crippen LogP contribution in [0.2, 0.25) is 0 Å². The highest BCUT2D eigenvalue weighted by Gasteiger charge is 2.32. The quantitative estimate of drug-likeness (QED) is 0.348. The first kappa shape index (κ1) is 18.9. The van der Waals surface area contributed by atoms with Crippen molar-refractivity contribution in [3.05, 3.63) is 29.8 Å². The van der Waals surface area contributed by atoms with E-state index in [2.05, 4.69) is 4.99 Å². The van der Waals surface area contributed by atoms with E-state index < -0.39 is 22.0 Å². The summed E-state index contributed by atoms with van der Waals surface area (Å²) in [6, 6.07) is 5.05. The van der Waals surface area contributed by atoms with Crippen molar-refractivity contribution in [2.75, 3.05) is 13.6 Å². The first-order valence-electron chi connectivity index (χ1n) is 6.99. The zero-order valence-corrected chi connectivity index (χ0v) is 14.0. The van der Waals surface area contributed by atoms with Crippen LogP contribution in [0.25, 0.3) is 0 Å². The number of likely N-dealkylation sites (N-methyl/N-ethyl adjacent to an activating group) is 1. The molecule has 0 radical (unpaired) electrons. The third-order valence-electron chi connectivity index (χ3n) is 3.35. The topological polar surface area (TPSA) is 139 Å². The molecule has 0 aromatic heterocycles. The Kier molecular flexibility index (Phi) is 6.52. The number of benzene rings is 1. The van der Waals surface area contributed by atoms with Crippen LogP contribution in [0, 0.1) is 6.92 Å². The van der Waals surface area contributed by atoms with E-state index in [1.54, 1.807) is 12.1 Å². The molecule has 1 rings (SSSR count). The van der Waals surface area contributed by atoms with E-state index in [9.17, 15) is 18.3 Å². The van der Waals surface area contributed by atoms with E-state index in [1.165, 1.54) is 19.2 Å². The summed E-state index contributed by atoms with van der Waals surface area (Å²) in [5.41, 5.74) is 11.3. The number of rotatable bonds is 8. The maximum Gasteiger partial charge on any atom is 0.322 e. The monoisotopic (exact) mass is 342 g/mol. The van der Waals surface area contributed by atoms with E-state index in [-0.39, 0.29) is 23.8 Å². The number of carboxylic acids is 1. The number of carbonyl (C=O) groups is 1. The predicted octanol–water partition coefficient (Wildman–Crippen LogP) is 0.122. The minimum Gasteiger partial charge on any atom is -0.480 e. The van der Waals surface area contributed by atoms with E-state index in [0.29, 0.717) is 6.42 Å². The van der Waals surface area contributed by atoms with Gasteiger partial charge in [0, 0.05) is 13.6 Å². The largest absolute Gasteiger partial charge is 0.480 e. The van der Waals surface area contributed by atoms with Gasteiger partial charge in [-0.2, -0.15) is 4.31 Å². The standard InChI is InChI=1S/C14H22N4O4S/c1-10-5-7-11(8-6-10)23(21,22)18(2)12(13(19)20)4-3-9-17-14(15)16/h5-8,12H,3-4,9H2,1-2H3,(H,19,20)(H4,15,16,17)/t12-/m0/s1. The Balaban J connectivity index is 2.91. The molecule has 128 valence electrons. The summed E-state index contributed by atoms with van der Waals surface area (Å²) in [7, 11) is -2.63. The number of aliphatic carboxylic acids is 1. The molecule has 0 spiro atoms. The highest BCUT2D eigenvalue weighted by Crippen LogP contribution is 2.19. The van der Waals surface area contributed by atoms with Crippen LogP contribution in [0.5, 0.6) is 0 Å². The fourth-order valence-corrected chi connectivity index (χ4v) is 3.34. The van der Waals surface area contributed by atoms with Gasteiger partial charge < -0.3 is 16.6 Å². The van der Waals surface area contributed by atoms with Gasteiger partial charge in [0.1, 0.15) is 6.04 Å². The lowest BCUT2D eigenvalue weighted by Crippen LogP contribution is -2.42. The van der Waals surface area contributed by atoms with Gasteiger partial charge in [-0.3, -0.25) is 9.79 Å². The number of aliphatic imine (C=N–C) groups is 1. The Morgan fingerprint density at radius 2 is 1.87 bits per heavy atom. The highest BCUT2D eigenvalue weighted by molar-refractivity contribution is 7.89. The SMILES string of the molecule is Cc1ccc(S(=O)(=O)N(C)[C@@H](CCCN=C(N)N)C(=O)O)cc1. The average molecular weight is 342 g/mol. The lowest BCUT2D eigenvalue weighted by molar-refractivity contribution is -0.141. The summed E-state index contributed by atoms with van der Waals surface area (Å²) in [5, 5.41) is 9.32. The maximum absolute atomic E-state index is 12.5. The van der Waals surface area contributed by atoms with Crippen molar-refractivity contribution >= 4 is 22.0 Å². The van der Waals surface area contributed by atoms with Gasteiger partial charge in [0.2, 0.25) is 10.0 Å².